The zero-order valence-electron chi connectivity index (χ0n) is 20.7. The molecule has 2 aliphatic rings. The third kappa shape index (κ3) is 7.06. The molecule has 1 aromatic heterocycles. The zero-order chi connectivity index (χ0) is 22.1. The first-order valence-electron chi connectivity index (χ1n) is 12.4. The molecule has 2 fully saturated rings. The van der Waals surface area contributed by atoms with Gasteiger partial charge in [-0.2, -0.15) is 5.10 Å². The summed E-state index contributed by atoms with van der Waals surface area (Å²) >= 11 is 0. The summed E-state index contributed by atoms with van der Waals surface area (Å²) in [6, 6.07) is 0. The van der Waals surface area contributed by atoms with E-state index < -0.39 is 0 Å². The van der Waals surface area contributed by atoms with Gasteiger partial charge in [0.25, 0.3) is 0 Å². The molecule has 1 aliphatic carbocycles. The molecule has 0 atom stereocenters. The van der Waals surface area contributed by atoms with Crippen molar-refractivity contribution in [3.8, 4) is 0 Å². The Labute approximate surface area is 212 Å². The van der Waals surface area contributed by atoms with E-state index in [-0.39, 0.29) is 24.0 Å². The van der Waals surface area contributed by atoms with E-state index in [9.17, 15) is 0 Å². The molecule has 32 heavy (non-hydrogen) atoms. The van der Waals surface area contributed by atoms with Gasteiger partial charge < -0.3 is 15.4 Å². The average Bonchev–Trinajstić information content (AvgIpc) is 3.08. The smallest absolute Gasteiger partial charge is 0.191 e. The minimum absolute atomic E-state index is 0. The number of nitrogens with one attached hydrogen (secondary N) is 2. The van der Waals surface area contributed by atoms with Crippen LogP contribution in [-0.2, 0) is 17.8 Å². The first kappa shape index (κ1) is 27.4. The van der Waals surface area contributed by atoms with E-state index in [0.717, 1.165) is 31.3 Å². The van der Waals surface area contributed by atoms with Crippen LogP contribution in [0.15, 0.2) is 4.99 Å². The van der Waals surface area contributed by atoms with E-state index in [4.69, 9.17) is 9.73 Å². The largest absolute Gasteiger partial charge is 0.383 e. The minimum Gasteiger partial charge on any atom is -0.383 e. The van der Waals surface area contributed by atoms with Gasteiger partial charge in [-0.3, -0.25) is 9.58 Å². The molecule has 1 aliphatic heterocycles. The highest BCUT2D eigenvalue weighted by Crippen LogP contribution is 2.35. The number of methoxy groups -OCH3 is 1. The molecular weight excluding hydrogens is 515 g/mol. The fraction of sp³-hybridized carbons (Fsp3) is 0.833. The summed E-state index contributed by atoms with van der Waals surface area (Å²) in [6.45, 7) is 12.8. The fourth-order valence-electron chi connectivity index (χ4n) is 5.29. The number of rotatable bonds is 9. The Morgan fingerprint density at radius 2 is 1.75 bits per heavy atom. The predicted octanol–water partition coefficient (Wildman–Crippen LogP) is 4.01. The molecule has 0 bridgehead atoms. The molecule has 8 heteroatoms. The van der Waals surface area contributed by atoms with Gasteiger partial charge in [-0.1, -0.05) is 25.7 Å². The lowest BCUT2D eigenvalue weighted by atomic mass is 9.79. The molecule has 2 N–H and O–H groups in total. The molecule has 1 saturated carbocycles. The number of aliphatic imine (C=N–C) groups is 1. The predicted molar refractivity (Wildman–Crippen MR) is 143 cm³/mol. The van der Waals surface area contributed by atoms with Crippen LogP contribution in [0.2, 0.25) is 0 Å². The minimum atomic E-state index is 0. The van der Waals surface area contributed by atoms with Crippen LogP contribution in [-0.4, -0.2) is 66.1 Å². The zero-order valence-corrected chi connectivity index (χ0v) is 23.0. The van der Waals surface area contributed by atoms with E-state index in [1.54, 1.807) is 7.11 Å². The Balaban J connectivity index is 0.00000363. The second-order valence-electron chi connectivity index (χ2n) is 9.25. The van der Waals surface area contributed by atoms with Crippen molar-refractivity contribution >= 4 is 29.9 Å². The number of piperidine rings is 1. The van der Waals surface area contributed by atoms with Gasteiger partial charge in [-0.25, -0.2) is 4.99 Å². The maximum atomic E-state index is 5.22. The summed E-state index contributed by atoms with van der Waals surface area (Å²) < 4.78 is 7.26. The first-order valence-corrected chi connectivity index (χ1v) is 12.4. The second-order valence-corrected chi connectivity index (χ2v) is 9.25. The van der Waals surface area contributed by atoms with E-state index in [1.807, 2.05) is 4.68 Å². The van der Waals surface area contributed by atoms with Crippen molar-refractivity contribution in [2.24, 2.45) is 4.99 Å². The number of likely N-dealkylation sites (tertiary alicyclic amines) is 1. The molecule has 0 amide bonds. The molecule has 0 spiro atoms. The summed E-state index contributed by atoms with van der Waals surface area (Å²) in [5.74, 6) is 0.924. The maximum Gasteiger partial charge on any atom is 0.191 e. The summed E-state index contributed by atoms with van der Waals surface area (Å²) in [5, 5.41) is 11.9. The summed E-state index contributed by atoms with van der Waals surface area (Å²) in [5.41, 5.74) is 3.76. The van der Waals surface area contributed by atoms with Crippen LogP contribution in [0.3, 0.4) is 0 Å². The Hall–Kier alpha value is -0.870. The summed E-state index contributed by atoms with van der Waals surface area (Å²) in [6.07, 6.45) is 10.8. The summed E-state index contributed by atoms with van der Waals surface area (Å²) in [4.78, 5) is 7.74. The molecule has 0 unspecified atom stereocenters. The number of guanidine groups is 1. The van der Waals surface area contributed by atoms with Crippen molar-refractivity contribution in [1.29, 1.82) is 0 Å². The molecule has 3 rings (SSSR count). The van der Waals surface area contributed by atoms with Crippen LogP contribution in [0.25, 0.3) is 0 Å². The number of halogens is 1. The normalized spacial score (nSPS) is 19.4. The molecule has 1 saturated heterocycles. The number of hydrogen-bond donors (Lipinski definition) is 2. The number of aryl methyl sites for hydroxylation is 1. The van der Waals surface area contributed by atoms with Gasteiger partial charge in [0.15, 0.2) is 5.96 Å². The third-order valence-corrected chi connectivity index (χ3v) is 7.17. The van der Waals surface area contributed by atoms with Crippen molar-refractivity contribution in [3.05, 3.63) is 17.0 Å². The summed E-state index contributed by atoms with van der Waals surface area (Å²) in [7, 11) is 1.73. The highest BCUT2D eigenvalue weighted by Gasteiger charge is 2.38. The van der Waals surface area contributed by atoms with Gasteiger partial charge in [0.05, 0.1) is 25.4 Å². The number of nitrogens with zero attached hydrogens (tertiary/aromatic N) is 4. The lowest BCUT2D eigenvalue weighted by molar-refractivity contribution is 0.0368. The van der Waals surface area contributed by atoms with Crippen molar-refractivity contribution in [1.82, 2.24) is 25.3 Å². The van der Waals surface area contributed by atoms with E-state index in [1.165, 1.54) is 75.7 Å². The van der Waals surface area contributed by atoms with Crippen LogP contribution >= 0.6 is 24.0 Å². The van der Waals surface area contributed by atoms with Gasteiger partial charge in [0.2, 0.25) is 0 Å². The maximum absolute atomic E-state index is 5.22. The van der Waals surface area contributed by atoms with Crippen molar-refractivity contribution < 1.29 is 4.74 Å². The highest BCUT2D eigenvalue weighted by molar-refractivity contribution is 14.0. The van der Waals surface area contributed by atoms with Crippen LogP contribution in [0.4, 0.5) is 0 Å². The van der Waals surface area contributed by atoms with Gasteiger partial charge in [0, 0.05) is 37.0 Å². The van der Waals surface area contributed by atoms with Gasteiger partial charge in [-0.15, -0.1) is 24.0 Å². The van der Waals surface area contributed by atoms with E-state index >= 15 is 0 Å². The molecule has 184 valence electrons. The Kier molecular flexibility index (Phi) is 11.8. The van der Waals surface area contributed by atoms with E-state index in [2.05, 4.69) is 41.4 Å². The molecule has 7 nitrogen and oxygen atoms in total. The van der Waals surface area contributed by atoms with Gasteiger partial charge in [0.1, 0.15) is 0 Å². The Morgan fingerprint density at radius 3 is 2.41 bits per heavy atom. The van der Waals surface area contributed by atoms with Crippen LogP contribution in [0.5, 0.6) is 0 Å². The standard InChI is InChI=1S/C24H44N6O.HI/c1-5-25-23(26-18-22-20(2)28-30(21(22)3)16-17-31-4)27-19-24(12-8-6-9-13-24)29-14-10-7-11-15-29;/h5-19H2,1-4H3,(H2,25,26,27);1H. The third-order valence-electron chi connectivity index (χ3n) is 7.17. The van der Waals surface area contributed by atoms with Crippen LogP contribution in [0.1, 0.15) is 75.2 Å². The molecule has 2 heterocycles. The number of aromatic nitrogens is 2. The molecule has 0 aromatic carbocycles. The van der Waals surface area contributed by atoms with Crippen molar-refractivity contribution in [3.63, 3.8) is 0 Å². The van der Waals surface area contributed by atoms with Gasteiger partial charge in [-0.05, 0) is 59.5 Å². The fourth-order valence-corrected chi connectivity index (χ4v) is 5.29. The monoisotopic (exact) mass is 560 g/mol. The van der Waals surface area contributed by atoms with Crippen molar-refractivity contribution in [2.75, 3.05) is 39.9 Å². The number of ether oxygens (including phenoxy) is 1. The van der Waals surface area contributed by atoms with Crippen LogP contribution < -0.4 is 10.6 Å². The first-order chi connectivity index (χ1) is 15.1. The second kappa shape index (κ2) is 13.7. The van der Waals surface area contributed by atoms with Crippen molar-refractivity contribution in [2.45, 2.75) is 90.8 Å². The van der Waals surface area contributed by atoms with Gasteiger partial charge >= 0.3 is 0 Å². The molecular formula is C24H45IN6O. The lowest BCUT2D eigenvalue weighted by Gasteiger charge is -2.48. The topological polar surface area (TPSA) is 66.7 Å². The molecule has 0 radical (unpaired) electrons. The van der Waals surface area contributed by atoms with Crippen LogP contribution in [0, 0.1) is 13.8 Å². The number of hydrogen-bond acceptors (Lipinski definition) is 4. The molecule has 1 aromatic rings. The Morgan fingerprint density at radius 1 is 1.06 bits per heavy atom. The quantitative estimate of drug-likeness (QED) is 0.272. The Bertz CT molecular complexity index is 708. The highest BCUT2D eigenvalue weighted by atomic mass is 127. The SMILES string of the molecule is CCNC(=NCc1c(C)nn(CCOC)c1C)NCC1(N2CCCCC2)CCCCC1.I. The van der Waals surface area contributed by atoms with E-state index in [0.29, 0.717) is 18.7 Å². The lowest BCUT2D eigenvalue weighted by Crippen LogP contribution is -2.59. The average molecular weight is 561 g/mol.